The summed E-state index contributed by atoms with van der Waals surface area (Å²) in [5.41, 5.74) is 2.05. The number of fused-ring (bicyclic) bond motifs is 1. The van der Waals surface area contributed by atoms with Gasteiger partial charge in [-0.25, -0.2) is 8.42 Å². The van der Waals surface area contributed by atoms with Crippen LogP contribution in [-0.2, 0) is 21.1 Å². The molecule has 0 aromatic heterocycles. The summed E-state index contributed by atoms with van der Waals surface area (Å²) in [5, 5.41) is 0. The van der Waals surface area contributed by atoms with Crippen LogP contribution in [0.25, 0.3) is 0 Å². The average Bonchev–Trinajstić information content (AvgIpc) is 3.21. The van der Waals surface area contributed by atoms with Crippen LogP contribution in [0.1, 0.15) is 38.2 Å². The summed E-state index contributed by atoms with van der Waals surface area (Å²) >= 11 is 0. The Bertz CT molecular complexity index is 753. The van der Waals surface area contributed by atoms with Gasteiger partial charge in [-0.1, -0.05) is 31.9 Å². The SMILES string of the molecule is CCc1ccc(N2C(=O)CN(C3CCCC3)C3CS(=O)(=O)CC32)cc1. The van der Waals surface area contributed by atoms with Gasteiger partial charge in [0, 0.05) is 17.8 Å². The number of carbonyl (C=O) groups excluding carboxylic acids is 1. The van der Waals surface area contributed by atoms with Crippen LogP contribution in [0.15, 0.2) is 24.3 Å². The lowest BCUT2D eigenvalue weighted by atomic mass is 9.99. The van der Waals surface area contributed by atoms with E-state index in [0.717, 1.165) is 24.9 Å². The highest BCUT2D eigenvalue weighted by Gasteiger charge is 2.51. The zero-order chi connectivity index (χ0) is 17.6. The van der Waals surface area contributed by atoms with E-state index in [0.29, 0.717) is 12.6 Å². The first-order valence-corrected chi connectivity index (χ1v) is 11.2. The van der Waals surface area contributed by atoms with E-state index >= 15 is 0 Å². The molecule has 0 N–H and O–H groups in total. The summed E-state index contributed by atoms with van der Waals surface area (Å²) in [4.78, 5) is 16.9. The highest BCUT2D eigenvalue weighted by Crippen LogP contribution is 2.36. The summed E-state index contributed by atoms with van der Waals surface area (Å²) in [7, 11) is -3.10. The molecule has 0 radical (unpaired) electrons. The maximum Gasteiger partial charge on any atom is 0.241 e. The molecule has 2 heterocycles. The quantitative estimate of drug-likeness (QED) is 0.825. The average molecular weight is 362 g/mol. The number of carbonyl (C=O) groups is 1. The Labute approximate surface area is 149 Å². The van der Waals surface area contributed by atoms with E-state index in [9.17, 15) is 13.2 Å². The van der Waals surface area contributed by atoms with Crippen molar-refractivity contribution in [2.75, 3.05) is 23.0 Å². The van der Waals surface area contributed by atoms with E-state index < -0.39 is 9.84 Å². The van der Waals surface area contributed by atoms with Crippen LogP contribution < -0.4 is 4.90 Å². The van der Waals surface area contributed by atoms with Crippen LogP contribution in [0.3, 0.4) is 0 Å². The Balaban J connectivity index is 1.67. The van der Waals surface area contributed by atoms with Gasteiger partial charge in [0.1, 0.15) is 0 Å². The Hall–Kier alpha value is -1.40. The summed E-state index contributed by atoms with van der Waals surface area (Å²) in [6.07, 6.45) is 5.48. The second-order valence-electron chi connectivity index (χ2n) is 7.61. The summed E-state index contributed by atoms with van der Waals surface area (Å²) in [6.45, 7) is 2.44. The lowest BCUT2D eigenvalue weighted by Crippen LogP contribution is -2.64. The fraction of sp³-hybridized carbons (Fsp3) is 0.632. The number of hydrogen-bond donors (Lipinski definition) is 0. The van der Waals surface area contributed by atoms with Crippen LogP contribution in [-0.4, -0.2) is 55.4 Å². The largest absolute Gasteiger partial charge is 0.306 e. The number of piperazine rings is 1. The maximum atomic E-state index is 13.0. The zero-order valence-electron chi connectivity index (χ0n) is 14.7. The molecule has 25 heavy (non-hydrogen) atoms. The van der Waals surface area contributed by atoms with Gasteiger partial charge < -0.3 is 4.90 Å². The second kappa shape index (κ2) is 6.40. The zero-order valence-corrected chi connectivity index (χ0v) is 15.5. The van der Waals surface area contributed by atoms with Crippen molar-refractivity contribution in [3.05, 3.63) is 29.8 Å². The van der Waals surface area contributed by atoms with Gasteiger partial charge >= 0.3 is 0 Å². The third kappa shape index (κ3) is 3.10. The first-order chi connectivity index (χ1) is 12.0. The molecule has 136 valence electrons. The van der Waals surface area contributed by atoms with E-state index in [-0.39, 0.29) is 29.5 Å². The number of sulfone groups is 1. The van der Waals surface area contributed by atoms with Crippen molar-refractivity contribution < 1.29 is 13.2 Å². The lowest BCUT2D eigenvalue weighted by Gasteiger charge is -2.46. The molecular weight excluding hydrogens is 336 g/mol. The minimum Gasteiger partial charge on any atom is -0.306 e. The molecule has 1 aromatic rings. The van der Waals surface area contributed by atoms with E-state index in [1.807, 2.05) is 24.3 Å². The molecule has 1 amide bonds. The van der Waals surface area contributed by atoms with Gasteiger partial charge in [-0.15, -0.1) is 0 Å². The highest BCUT2D eigenvalue weighted by atomic mass is 32.2. The lowest BCUT2D eigenvalue weighted by molar-refractivity contribution is -0.124. The smallest absolute Gasteiger partial charge is 0.241 e. The molecule has 2 saturated heterocycles. The van der Waals surface area contributed by atoms with Crippen molar-refractivity contribution in [3.63, 3.8) is 0 Å². The van der Waals surface area contributed by atoms with E-state index in [1.165, 1.54) is 18.4 Å². The molecule has 0 bridgehead atoms. The Morgan fingerprint density at radius 2 is 1.68 bits per heavy atom. The minimum atomic E-state index is -3.10. The molecule has 4 rings (SSSR count). The molecule has 3 aliphatic rings. The van der Waals surface area contributed by atoms with Crippen LogP contribution in [0.4, 0.5) is 5.69 Å². The van der Waals surface area contributed by atoms with E-state index in [4.69, 9.17) is 0 Å². The molecule has 1 aliphatic carbocycles. The van der Waals surface area contributed by atoms with Crippen LogP contribution in [0.5, 0.6) is 0 Å². The van der Waals surface area contributed by atoms with Crippen LogP contribution in [0, 0.1) is 0 Å². The van der Waals surface area contributed by atoms with Gasteiger partial charge in [0.25, 0.3) is 0 Å². The van der Waals surface area contributed by atoms with Crippen molar-refractivity contribution in [1.29, 1.82) is 0 Å². The van der Waals surface area contributed by atoms with Crippen molar-refractivity contribution >= 4 is 21.4 Å². The standard InChI is InChI=1S/C19H26N2O3S/c1-2-14-7-9-16(10-8-14)21-18-13-25(23,24)12-17(18)20(11-19(21)22)15-5-3-4-6-15/h7-10,15,17-18H,2-6,11-13H2,1H3. The molecule has 2 aliphatic heterocycles. The van der Waals surface area contributed by atoms with Gasteiger partial charge in [-0.05, 0) is 37.0 Å². The molecule has 1 saturated carbocycles. The van der Waals surface area contributed by atoms with Gasteiger partial charge in [-0.2, -0.15) is 0 Å². The molecular formula is C19H26N2O3S. The summed E-state index contributed by atoms with van der Waals surface area (Å²) < 4.78 is 24.8. The number of nitrogens with zero attached hydrogens (tertiary/aromatic N) is 2. The van der Waals surface area contributed by atoms with Crippen LogP contribution in [0.2, 0.25) is 0 Å². The molecule has 1 aromatic carbocycles. The summed E-state index contributed by atoms with van der Waals surface area (Å²) in [5.74, 6) is 0.308. The maximum absolute atomic E-state index is 13.0. The number of amides is 1. The number of hydrogen-bond acceptors (Lipinski definition) is 4. The normalized spacial score (nSPS) is 30.0. The van der Waals surface area contributed by atoms with E-state index in [2.05, 4.69) is 11.8 Å². The van der Waals surface area contributed by atoms with Crippen molar-refractivity contribution in [1.82, 2.24) is 4.90 Å². The Morgan fingerprint density at radius 3 is 2.32 bits per heavy atom. The van der Waals surface area contributed by atoms with Gasteiger partial charge in [0.2, 0.25) is 5.91 Å². The number of rotatable bonds is 3. The van der Waals surface area contributed by atoms with Crippen molar-refractivity contribution in [2.45, 2.75) is 57.2 Å². The van der Waals surface area contributed by atoms with E-state index in [1.54, 1.807) is 4.90 Å². The molecule has 0 spiro atoms. The molecule has 3 fully saturated rings. The minimum absolute atomic E-state index is 0.0366. The summed E-state index contributed by atoms with van der Waals surface area (Å²) in [6, 6.07) is 8.05. The monoisotopic (exact) mass is 362 g/mol. The first-order valence-electron chi connectivity index (χ1n) is 9.35. The van der Waals surface area contributed by atoms with Crippen molar-refractivity contribution in [3.8, 4) is 0 Å². The topological polar surface area (TPSA) is 57.7 Å². The predicted molar refractivity (Wildman–Crippen MR) is 98.5 cm³/mol. The molecule has 5 nitrogen and oxygen atoms in total. The molecule has 2 unspecified atom stereocenters. The predicted octanol–water partition coefficient (Wildman–Crippen LogP) is 2.01. The Morgan fingerprint density at radius 1 is 1.04 bits per heavy atom. The number of anilines is 1. The van der Waals surface area contributed by atoms with Gasteiger partial charge in [-0.3, -0.25) is 9.69 Å². The third-order valence-electron chi connectivity index (χ3n) is 6.05. The fourth-order valence-electron chi connectivity index (χ4n) is 4.77. The molecule has 6 heteroatoms. The van der Waals surface area contributed by atoms with Crippen LogP contribution >= 0.6 is 0 Å². The number of benzene rings is 1. The fourth-order valence-corrected chi connectivity index (χ4v) is 6.73. The molecule has 2 atom stereocenters. The second-order valence-corrected chi connectivity index (χ2v) is 9.76. The Kier molecular flexibility index (Phi) is 4.36. The van der Waals surface area contributed by atoms with Gasteiger partial charge in [0.15, 0.2) is 9.84 Å². The first kappa shape index (κ1) is 17.0. The third-order valence-corrected chi connectivity index (χ3v) is 7.75. The van der Waals surface area contributed by atoms with Crippen molar-refractivity contribution in [2.24, 2.45) is 0 Å². The highest BCUT2D eigenvalue weighted by molar-refractivity contribution is 7.91. The number of aryl methyl sites for hydroxylation is 1. The van der Waals surface area contributed by atoms with Gasteiger partial charge in [0.05, 0.1) is 24.1 Å².